The molecule has 1 aromatic heterocycles. The number of para-hydroxylation sites is 1. The van der Waals surface area contributed by atoms with Gasteiger partial charge in [-0.05, 0) is 42.7 Å². The molecule has 1 atom stereocenters. The molecule has 0 spiro atoms. The van der Waals surface area contributed by atoms with Crippen LogP contribution < -0.4 is 10.3 Å². The van der Waals surface area contributed by atoms with E-state index in [9.17, 15) is 9.59 Å². The minimum atomic E-state index is -0.619. The van der Waals surface area contributed by atoms with Crippen LogP contribution in [0.25, 0.3) is 5.69 Å². The maximum absolute atomic E-state index is 13.0. The third-order valence-electron chi connectivity index (χ3n) is 5.59. The predicted octanol–water partition coefficient (Wildman–Crippen LogP) is 3.64. The lowest BCUT2D eigenvalue weighted by Gasteiger charge is -2.28. The van der Waals surface area contributed by atoms with Crippen molar-refractivity contribution >= 4 is 5.91 Å². The Kier molecular flexibility index (Phi) is 5.48. The second-order valence-electron chi connectivity index (χ2n) is 8.04. The summed E-state index contributed by atoms with van der Waals surface area (Å²) in [7, 11) is 0. The van der Waals surface area contributed by atoms with Gasteiger partial charge in [-0.1, -0.05) is 44.2 Å². The minimum absolute atomic E-state index is 0.105. The zero-order chi connectivity index (χ0) is 21.3. The summed E-state index contributed by atoms with van der Waals surface area (Å²) >= 11 is 0. The molecule has 0 radical (unpaired) electrons. The van der Waals surface area contributed by atoms with E-state index in [2.05, 4.69) is 18.9 Å². The van der Waals surface area contributed by atoms with Gasteiger partial charge in [-0.2, -0.15) is 0 Å². The number of aromatic nitrogens is 2. The zero-order valence-electron chi connectivity index (χ0n) is 17.6. The minimum Gasteiger partial charge on any atom is -0.481 e. The van der Waals surface area contributed by atoms with Crippen molar-refractivity contribution in [3.05, 3.63) is 81.8 Å². The summed E-state index contributed by atoms with van der Waals surface area (Å²) in [5.74, 6) is 1.01. The molecule has 0 fully saturated rings. The van der Waals surface area contributed by atoms with Gasteiger partial charge >= 0.3 is 0 Å². The quantitative estimate of drug-likeness (QED) is 0.705. The smallest absolute Gasteiger partial charge is 0.276 e. The van der Waals surface area contributed by atoms with Crippen LogP contribution in [0.15, 0.2) is 59.4 Å². The van der Waals surface area contributed by atoms with Crippen molar-refractivity contribution in [3.8, 4) is 11.4 Å². The average molecular weight is 405 g/mol. The highest BCUT2D eigenvalue weighted by Gasteiger charge is 2.29. The third-order valence-corrected chi connectivity index (χ3v) is 5.59. The third kappa shape index (κ3) is 3.90. The lowest BCUT2D eigenvalue weighted by atomic mass is 10.0. The number of H-pyrrole nitrogens is 1. The second-order valence-corrected chi connectivity index (χ2v) is 8.04. The normalized spacial score (nSPS) is 14.5. The summed E-state index contributed by atoms with van der Waals surface area (Å²) in [6, 6.07) is 17.3. The molecule has 1 aliphatic heterocycles. The van der Waals surface area contributed by atoms with E-state index in [1.54, 1.807) is 16.5 Å². The van der Waals surface area contributed by atoms with Gasteiger partial charge in [0.05, 0.1) is 17.8 Å². The number of hydrogen-bond donors (Lipinski definition) is 1. The summed E-state index contributed by atoms with van der Waals surface area (Å²) in [5, 5.41) is 3.20. The molecule has 0 bridgehead atoms. The monoisotopic (exact) mass is 405 g/mol. The van der Waals surface area contributed by atoms with Crippen molar-refractivity contribution in [2.75, 3.05) is 6.54 Å². The lowest BCUT2D eigenvalue weighted by Crippen LogP contribution is -2.44. The van der Waals surface area contributed by atoms with E-state index in [0.717, 1.165) is 11.4 Å². The Hall–Kier alpha value is -3.28. The van der Waals surface area contributed by atoms with E-state index in [1.807, 2.05) is 54.6 Å². The molecule has 3 aromatic rings. The summed E-state index contributed by atoms with van der Waals surface area (Å²) in [6.45, 7) is 6.89. The van der Waals surface area contributed by atoms with Crippen molar-refractivity contribution in [2.24, 2.45) is 0 Å². The van der Waals surface area contributed by atoms with E-state index in [1.165, 1.54) is 5.56 Å². The fourth-order valence-corrected chi connectivity index (χ4v) is 3.79. The molecule has 2 heterocycles. The Morgan fingerprint density at radius 1 is 1.03 bits per heavy atom. The van der Waals surface area contributed by atoms with E-state index in [-0.39, 0.29) is 11.5 Å². The molecule has 1 aliphatic rings. The number of carbonyl (C=O) groups excluding carboxylic acids is 1. The number of fused-ring (bicyclic) bond motifs is 1. The maximum Gasteiger partial charge on any atom is 0.276 e. The number of nitrogens with zero attached hydrogens (tertiary/aromatic N) is 2. The number of ether oxygens (including phenoxy) is 1. The van der Waals surface area contributed by atoms with E-state index in [0.29, 0.717) is 36.7 Å². The molecule has 2 aromatic carbocycles. The Bertz CT molecular complexity index is 1080. The lowest BCUT2D eigenvalue weighted by molar-refractivity contribution is -0.138. The van der Waals surface area contributed by atoms with Gasteiger partial charge in [-0.15, -0.1) is 0 Å². The molecule has 156 valence electrons. The van der Waals surface area contributed by atoms with Crippen LogP contribution in [0.3, 0.4) is 0 Å². The topological polar surface area (TPSA) is 67.3 Å². The van der Waals surface area contributed by atoms with Gasteiger partial charge < -0.3 is 9.64 Å². The summed E-state index contributed by atoms with van der Waals surface area (Å²) in [4.78, 5) is 27.6. The SMILES string of the molecule is CC(Oc1ccc(C(C)C)cc1)C(=O)N1CCc2[nH]n(-c3ccccc3)c(=O)c2C1. The molecule has 0 aliphatic carbocycles. The van der Waals surface area contributed by atoms with E-state index in [4.69, 9.17) is 4.74 Å². The highest BCUT2D eigenvalue weighted by Crippen LogP contribution is 2.21. The Labute approximate surface area is 176 Å². The Morgan fingerprint density at radius 3 is 2.40 bits per heavy atom. The predicted molar refractivity (Wildman–Crippen MR) is 116 cm³/mol. The molecule has 1 amide bonds. The van der Waals surface area contributed by atoms with Gasteiger partial charge in [0.25, 0.3) is 11.5 Å². The van der Waals surface area contributed by atoms with Gasteiger partial charge in [0, 0.05) is 18.7 Å². The van der Waals surface area contributed by atoms with Crippen molar-refractivity contribution in [1.29, 1.82) is 0 Å². The van der Waals surface area contributed by atoms with E-state index >= 15 is 0 Å². The Balaban J connectivity index is 1.47. The van der Waals surface area contributed by atoms with Crippen LogP contribution in [0.5, 0.6) is 5.75 Å². The van der Waals surface area contributed by atoms with Crippen molar-refractivity contribution in [3.63, 3.8) is 0 Å². The number of benzene rings is 2. The molecule has 4 rings (SSSR count). The number of amides is 1. The van der Waals surface area contributed by atoms with Crippen LogP contribution in [0, 0.1) is 0 Å². The molecule has 6 nitrogen and oxygen atoms in total. The molecule has 0 saturated carbocycles. The van der Waals surface area contributed by atoms with Crippen LogP contribution in [0.2, 0.25) is 0 Å². The van der Waals surface area contributed by atoms with Gasteiger partial charge in [0.1, 0.15) is 5.75 Å². The molecule has 1 unspecified atom stereocenters. The van der Waals surface area contributed by atoms with Crippen LogP contribution in [-0.2, 0) is 17.8 Å². The molecular weight excluding hydrogens is 378 g/mol. The van der Waals surface area contributed by atoms with Gasteiger partial charge in [0.15, 0.2) is 6.10 Å². The zero-order valence-corrected chi connectivity index (χ0v) is 17.6. The number of rotatable bonds is 5. The fraction of sp³-hybridized carbons (Fsp3) is 0.333. The number of carbonyl (C=O) groups is 1. The highest BCUT2D eigenvalue weighted by atomic mass is 16.5. The summed E-state index contributed by atoms with van der Waals surface area (Å²) in [5.41, 5.74) is 3.45. The molecule has 0 saturated heterocycles. The Morgan fingerprint density at radius 2 is 1.73 bits per heavy atom. The first kappa shape index (κ1) is 20.0. The van der Waals surface area contributed by atoms with Gasteiger partial charge in [-0.25, -0.2) is 4.68 Å². The first-order valence-corrected chi connectivity index (χ1v) is 10.4. The van der Waals surface area contributed by atoms with Crippen LogP contribution in [0.1, 0.15) is 43.5 Å². The molecule has 1 N–H and O–H groups in total. The second kappa shape index (κ2) is 8.22. The van der Waals surface area contributed by atoms with Crippen molar-refractivity contribution in [2.45, 2.75) is 45.8 Å². The average Bonchev–Trinajstić information content (AvgIpc) is 3.10. The summed E-state index contributed by atoms with van der Waals surface area (Å²) in [6.07, 6.45) is -0.00174. The standard InChI is InChI=1S/C24H27N3O3/c1-16(2)18-9-11-20(12-10-18)30-17(3)23(28)26-14-13-22-21(15-26)24(29)27(25-22)19-7-5-4-6-8-19/h4-12,16-17,25H,13-15H2,1-3H3. The van der Waals surface area contributed by atoms with Crippen LogP contribution in [-0.4, -0.2) is 33.2 Å². The first-order chi connectivity index (χ1) is 14.4. The van der Waals surface area contributed by atoms with Crippen molar-refractivity contribution < 1.29 is 9.53 Å². The van der Waals surface area contributed by atoms with E-state index < -0.39 is 6.10 Å². The number of hydrogen-bond acceptors (Lipinski definition) is 3. The van der Waals surface area contributed by atoms with Gasteiger partial charge in [-0.3, -0.25) is 14.7 Å². The van der Waals surface area contributed by atoms with Crippen LogP contribution >= 0.6 is 0 Å². The summed E-state index contributed by atoms with van der Waals surface area (Å²) < 4.78 is 7.42. The molecule has 6 heteroatoms. The first-order valence-electron chi connectivity index (χ1n) is 10.4. The number of aromatic amines is 1. The highest BCUT2D eigenvalue weighted by molar-refractivity contribution is 5.81. The number of nitrogens with one attached hydrogen (secondary N) is 1. The van der Waals surface area contributed by atoms with Crippen molar-refractivity contribution in [1.82, 2.24) is 14.7 Å². The molecule has 30 heavy (non-hydrogen) atoms. The van der Waals surface area contributed by atoms with Gasteiger partial charge in [0.2, 0.25) is 0 Å². The fourth-order valence-electron chi connectivity index (χ4n) is 3.79. The largest absolute Gasteiger partial charge is 0.481 e. The molecular formula is C24H27N3O3. The van der Waals surface area contributed by atoms with Crippen LogP contribution in [0.4, 0.5) is 0 Å². The maximum atomic E-state index is 13.0.